The van der Waals surface area contributed by atoms with Gasteiger partial charge in [-0.2, -0.15) is 5.10 Å². The van der Waals surface area contributed by atoms with Gasteiger partial charge in [0.2, 0.25) is 0 Å². The number of carbonyl (C=O) groups is 1. The molecule has 3 nitrogen and oxygen atoms in total. The molecule has 1 atom stereocenters. The highest BCUT2D eigenvalue weighted by atomic mass is 35.5. The minimum atomic E-state index is -0.0286. The second kappa shape index (κ2) is 5.47. The third-order valence-electron chi connectivity index (χ3n) is 4.16. The Kier molecular flexibility index (Phi) is 3.80. The highest BCUT2D eigenvalue weighted by molar-refractivity contribution is 6.35. The lowest BCUT2D eigenvalue weighted by Crippen LogP contribution is -2.28. The minimum absolute atomic E-state index is 0.0263. The smallest absolute Gasteiger partial charge is 0.253 e. The summed E-state index contributed by atoms with van der Waals surface area (Å²) in [4.78, 5) is 12.3. The molecule has 0 saturated heterocycles. The Morgan fingerprint density at radius 2 is 1.90 bits per heavy atom. The predicted octanol–water partition coefficient (Wildman–Crippen LogP) is 4.83. The lowest BCUT2D eigenvalue weighted by Gasteiger charge is -2.30. The van der Waals surface area contributed by atoms with Crippen molar-refractivity contribution in [2.45, 2.75) is 32.6 Å². The second-order valence-corrected chi connectivity index (χ2v) is 6.70. The number of anilines is 1. The van der Waals surface area contributed by atoms with Crippen LogP contribution in [-0.2, 0) is 4.79 Å². The first-order valence-corrected chi connectivity index (χ1v) is 7.75. The number of allylic oxidation sites excluding steroid dienone is 2. The number of halogens is 2. The molecule has 1 heterocycles. The first-order chi connectivity index (χ1) is 9.98. The molecule has 1 aliphatic heterocycles. The van der Waals surface area contributed by atoms with E-state index in [1.165, 1.54) is 5.01 Å². The molecule has 0 spiro atoms. The zero-order valence-corrected chi connectivity index (χ0v) is 13.3. The molecule has 1 aliphatic carbocycles. The molecular weight excluding hydrogens is 307 g/mol. The molecule has 0 saturated carbocycles. The minimum Gasteiger partial charge on any atom is -0.272 e. The van der Waals surface area contributed by atoms with Crippen LogP contribution in [0.4, 0.5) is 5.69 Å². The van der Waals surface area contributed by atoms with E-state index < -0.39 is 0 Å². The summed E-state index contributed by atoms with van der Waals surface area (Å²) in [5.74, 6) is -0.0286. The molecular formula is C16H16Cl2N2O. The van der Waals surface area contributed by atoms with Crippen molar-refractivity contribution < 1.29 is 4.79 Å². The molecule has 2 aliphatic rings. The molecule has 21 heavy (non-hydrogen) atoms. The van der Waals surface area contributed by atoms with Crippen LogP contribution >= 0.6 is 23.2 Å². The molecule has 3 rings (SSSR count). The summed E-state index contributed by atoms with van der Waals surface area (Å²) in [5, 5.41) is 6.99. The maximum atomic E-state index is 12.3. The second-order valence-electron chi connectivity index (χ2n) is 5.83. The third kappa shape index (κ3) is 2.85. The molecule has 0 aromatic heterocycles. The summed E-state index contributed by atoms with van der Waals surface area (Å²) < 4.78 is 0. The lowest BCUT2D eigenvalue weighted by atomic mass is 9.74. The van der Waals surface area contributed by atoms with Crippen LogP contribution in [0.3, 0.4) is 0 Å². The molecule has 1 aromatic rings. The van der Waals surface area contributed by atoms with Crippen LogP contribution in [0.25, 0.3) is 0 Å². The van der Waals surface area contributed by atoms with Gasteiger partial charge < -0.3 is 0 Å². The Balaban J connectivity index is 1.93. The van der Waals surface area contributed by atoms with Gasteiger partial charge in [0.25, 0.3) is 5.91 Å². The van der Waals surface area contributed by atoms with E-state index in [0.29, 0.717) is 22.2 Å². The van der Waals surface area contributed by atoms with Crippen LogP contribution in [0, 0.1) is 5.41 Å². The van der Waals surface area contributed by atoms with Gasteiger partial charge >= 0.3 is 0 Å². The maximum absolute atomic E-state index is 12.3. The molecule has 1 amide bonds. The fraction of sp³-hybridized carbons (Fsp3) is 0.375. The van der Waals surface area contributed by atoms with Gasteiger partial charge in [0.15, 0.2) is 0 Å². The zero-order chi connectivity index (χ0) is 15.0. The Hall–Kier alpha value is -1.32. The number of benzene rings is 1. The molecule has 110 valence electrons. The van der Waals surface area contributed by atoms with Gasteiger partial charge in [-0.3, -0.25) is 4.79 Å². The zero-order valence-electron chi connectivity index (χ0n) is 11.8. The van der Waals surface area contributed by atoms with E-state index in [2.05, 4.69) is 24.2 Å². The van der Waals surface area contributed by atoms with Gasteiger partial charge in [-0.15, -0.1) is 0 Å². The molecule has 0 N–H and O–H groups in total. The highest BCUT2D eigenvalue weighted by Crippen LogP contribution is 2.38. The Bertz CT molecular complexity index is 633. The molecule has 1 aromatic carbocycles. The van der Waals surface area contributed by atoms with E-state index in [1.807, 2.05) is 0 Å². The summed E-state index contributed by atoms with van der Waals surface area (Å²) in [6.07, 6.45) is 7.73. The van der Waals surface area contributed by atoms with Crippen molar-refractivity contribution in [3.05, 3.63) is 40.4 Å². The van der Waals surface area contributed by atoms with Crippen LogP contribution in [-0.4, -0.2) is 11.6 Å². The number of hydrazone groups is 1. The standard InChI is InChI=1S/C16H16Cl2N2O/c1-16(5-3-2-4-6-16)14-10-15(21)20(19-14)13-8-11(17)7-12(18)9-13/h2-3,7-9H,4-6,10H2,1H3. The van der Waals surface area contributed by atoms with E-state index in [9.17, 15) is 4.79 Å². The molecule has 0 fully saturated rings. The van der Waals surface area contributed by atoms with Crippen molar-refractivity contribution >= 4 is 40.5 Å². The quantitative estimate of drug-likeness (QED) is 0.717. The number of hydrogen-bond acceptors (Lipinski definition) is 2. The van der Waals surface area contributed by atoms with E-state index in [-0.39, 0.29) is 11.3 Å². The summed E-state index contributed by atoms with van der Waals surface area (Å²) >= 11 is 12.0. The first-order valence-electron chi connectivity index (χ1n) is 7.00. The highest BCUT2D eigenvalue weighted by Gasteiger charge is 2.37. The fourth-order valence-electron chi connectivity index (χ4n) is 2.85. The van der Waals surface area contributed by atoms with Gasteiger partial charge in [-0.1, -0.05) is 42.3 Å². The van der Waals surface area contributed by atoms with Crippen molar-refractivity contribution in [1.29, 1.82) is 0 Å². The van der Waals surface area contributed by atoms with Crippen molar-refractivity contribution in [2.24, 2.45) is 10.5 Å². The van der Waals surface area contributed by atoms with Crippen molar-refractivity contribution in [1.82, 2.24) is 0 Å². The number of amides is 1. The van der Waals surface area contributed by atoms with E-state index in [1.54, 1.807) is 18.2 Å². The summed E-state index contributed by atoms with van der Waals surface area (Å²) in [6, 6.07) is 5.06. The van der Waals surface area contributed by atoms with Gasteiger partial charge in [-0.25, -0.2) is 5.01 Å². The van der Waals surface area contributed by atoms with Crippen molar-refractivity contribution in [2.75, 3.05) is 5.01 Å². The Morgan fingerprint density at radius 1 is 1.19 bits per heavy atom. The fourth-order valence-corrected chi connectivity index (χ4v) is 3.37. The first kappa shape index (κ1) is 14.6. The maximum Gasteiger partial charge on any atom is 0.253 e. The van der Waals surface area contributed by atoms with Crippen molar-refractivity contribution in [3.8, 4) is 0 Å². The SMILES string of the molecule is CC1(C2=NN(c3cc(Cl)cc(Cl)c3)C(=O)C2)CC=CCC1. The van der Waals surface area contributed by atoms with Gasteiger partial charge in [0, 0.05) is 15.5 Å². The van der Waals surface area contributed by atoms with Crippen LogP contribution in [0.5, 0.6) is 0 Å². The Labute approximate surface area is 134 Å². The third-order valence-corrected chi connectivity index (χ3v) is 4.60. The molecule has 1 unspecified atom stereocenters. The van der Waals surface area contributed by atoms with Gasteiger partial charge in [0.1, 0.15) is 0 Å². The predicted molar refractivity (Wildman–Crippen MR) is 87.1 cm³/mol. The normalized spacial score (nSPS) is 25.4. The Morgan fingerprint density at radius 3 is 2.52 bits per heavy atom. The van der Waals surface area contributed by atoms with Gasteiger partial charge in [0.05, 0.1) is 17.8 Å². The van der Waals surface area contributed by atoms with E-state index in [0.717, 1.165) is 25.0 Å². The molecule has 5 heteroatoms. The summed E-state index contributed by atoms with van der Waals surface area (Å²) in [5.41, 5.74) is 1.55. The average Bonchev–Trinajstić information content (AvgIpc) is 2.81. The average molecular weight is 323 g/mol. The summed E-state index contributed by atoms with van der Waals surface area (Å²) in [6.45, 7) is 2.18. The van der Waals surface area contributed by atoms with Crippen LogP contribution in [0.15, 0.2) is 35.5 Å². The lowest BCUT2D eigenvalue weighted by molar-refractivity contribution is -0.116. The summed E-state index contributed by atoms with van der Waals surface area (Å²) in [7, 11) is 0. The number of carbonyl (C=O) groups excluding carboxylic acids is 1. The number of nitrogens with zero attached hydrogens (tertiary/aromatic N) is 2. The number of hydrogen-bond donors (Lipinski definition) is 0. The van der Waals surface area contributed by atoms with Crippen LogP contribution in [0.2, 0.25) is 10.0 Å². The number of rotatable bonds is 2. The van der Waals surface area contributed by atoms with Gasteiger partial charge in [-0.05, 0) is 37.5 Å². The van der Waals surface area contributed by atoms with E-state index in [4.69, 9.17) is 23.2 Å². The largest absolute Gasteiger partial charge is 0.272 e. The topological polar surface area (TPSA) is 32.7 Å². The molecule has 0 radical (unpaired) electrons. The van der Waals surface area contributed by atoms with Crippen LogP contribution in [0.1, 0.15) is 32.6 Å². The van der Waals surface area contributed by atoms with E-state index >= 15 is 0 Å². The monoisotopic (exact) mass is 322 g/mol. The van der Waals surface area contributed by atoms with Crippen LogP contribution < -0.4 is 5.01 Å². The van der Waals surface area contributed by atoms with Crippen molar-refractivity contribution in [3.63, 3.8) is 0 Å². The molecule has 0 bridgehead atoms.